The highest BCUT2D eigenvalue weighted by Crippen LogP contribution is 2.10. The number of amides is 4. The van der Waals surface area contributed by atoms with Gasteiger partial charge in [0.1, 0.15) is 12.6 Å². The monoisotopic (exact) mass is 568 g/mol. The van der Waals surface area contributed by atoms with Crippen molar-refractivity contribution in [3.8, 4) is 0 Å². The molecule has 5 N–H and O–H groups in total. The molecule has 0 aromatic heterocycles. The third kappa shape index (κ3) is 13.3. The van der Waals surface area contributed by atoms with Crippen LogP contribution in [-0.2, 0) is 32.1 Å². The minimum atomic E-state index is -1.13. The van der Waals surface area contributed by atoms with Gasteiger partial charge in [-0.05, 0) is 44.2 Å². The van der Waals surface area contributed by atoms with Gasteiger partial charge in [-0.2, -0.15) is 0 Å². The zero-order valence-corrected chi connectivity index (χ0v) is 24.6. The number of rotatable bonds is 14. The minimum absolute atomic E-state index is 0.0193. The molecule has 2 rings (SSSR count). The van der Waals surface area contributed by atoms with Gasteiger partial charge in [-0.15, -0.1) is 0 Å². The van der Waals surface area contributed by atoms with Crippen LogP contribution in [0, 0.1) is 5.92 Å². The summed E-state index contributed by atoms with van der Waals surface area (Å²) in [4.78, 5) is 50.1. The summed E-state index contributed by atoms with van der Waals surface area (Å²) in [6.07, 6.45) is -1.59. The quantitative estimate of drug-likeness (QED) is 0.237. The summed E-state index contributed by atoms with van der Waals surface area (Å²) in [5, 5.41) is 21.9. The summed E-state index contributed by atoms with van der Waals surface area (Å²) in [5.74, 6) is -1.38. The second-order valence-electron chi connectivity index (χ2n) is 11.4. The molecule has 0 aliphatic rings. The Kier molecular flexibility index (Phi) is 13.3. The lowest BCUT2D eigenvalue weighted by atomic mass is 9.98. The Hall–Kier alpha value is -3.92. The van der Waals surface area contributed by atoms with E-state index in [1.165, 1.54) is 0 Å². The molecule has 0 aliphatic heterocycles. The summed E-state index contributed by atoms with van der Waals surface area (Å²) in [6.45, 7) is 9.09. The molecule has 0 heterocycles. The number of aliphatic hydroxyl groups is 1. The molecule has 0 radical (unpaired) electrons. The van der Waals surface area contributed by atoms with Gasteiger partial charge in [0.05, 0.1) is 12.1 Å². The molecule has 2 aromatic rings. The van der Waals surface area contributed by atoms with Crippen LogP contribution in [-0.4, -0.2) is 59.2 Å². The molecule has 1 unspecified atom stereocenters. The SMILES string of the molecule is CC(C)[C@H](NC(=O)OCc1ccccc1)C(=O)N[C@@H](Cc1ccccc1)C(O)CNC(=O)CCC(=O)NC(C)(C)C. The lowest BCUT2D eigenvalue weighted by Crippen LogP contribution is -2.56. The van der Waals surface area contributed by atoms with Gasteiger partial charge in [-0.25, -0.2) is 4.79 Å². The zero-order valence-electron chi connectivity index (χ0n) is 24.6. The number of benzene rings is 2. The fraction of sp³-hybridized carbons (Fsp3) is 0.484. The van der Waals surface area contributed by atoms with E-state index in [2.05, 4.69) is 21.3 Å². The fourth-order valence-corrected chi connectivity index (χ4v) is 4.01. The normalized spacial score (nSPS) is 13.4. The number of nitrogens with one attached hydrogen (secondary N) is 4. The van der Waals surface area contributed by atoms with E-state index in [0.717, 1.165) is 11.1 Å². The number of hydrogen-bond donors (Lipinski definition) is 5. The first kappa shape index (κ1) is 33.3. The van der Waals surface area contributed by atoms with Crippen molar-refractivity contribution in [2.24, 2.45) is 5.92 Å². The van der Waals surface area contributed by atoms with Crippen molar-refractivity contribution < 1.29 is 29.0 Å². The Labute approximate surface area is 242 Å². The average Bonchev–Trinajstić information content (AvgIpc) is 2.92. The first-order valence-corrected chi connectivity index (χ1v) is 13.9. The third-order valence-corrected chi connectivity index (χ3v) is 6.13. The molecule has 0 aliphatic carbocycles. The van der Waals surface area contributed by atoms with Crippen LogP contribution in [0.4, 0.5) is 4.79 Å². The van der Waals surface area contributed by atoms with Crippen molar-refractivity contribution in [2.45, 2.75) is 84.2 Å². The van der Waals surface area contributed by atoms with Crippen LogP contribution in [0.25, 0.3) is 0 Å². The van der Waals surface area contributed by atoms with E-state index >= 15 is 0 Å². The molecule has 0 spiro atoms. The lowest BCUT2D eigenvalue weighted by molar-refractivity contribution is -0.127. The van der Waals surface area contributed by atoms with Gasteiger partial charge in [0.15, 0.2) is 0 Å². The van der Waals surface area contributed by atoms with Gasteiger partial charge in [0.25, 0.3) is 0 Å². The van der Waals surface area contributed by atoms with E-state index in [1.807, 2.05) is 81.4 Å². The Morgan fingerprint density at radius 3 is 1.95 bits per heavy atom. The molecule has 10 nitrogen and oxygen atoms in total. The van der Waals surface area contributed by atoms with Crippen LogP contribution >= 0.6 is 0 Å². The van der Waals surface area contributed by atoms with E-state index in [1.54, 1.807) is 13.8 Å². The van der Waals surface area contributed by atoms with Crippen LogP contribution in [0.2, 0.25) is 0 Å². The van der Waals surface area contributed by atoms with Crippen molar-refractivity contribution in [1.29, 1.82) is 0 Å². The second kappa shape index (κ2) is 16.4. The third-order valence-electron chi connectivity index (χ3n) is 6.13. The topological polar surface area (TPSA) is 146 Å². The molecule has 10 heteroatoms. The van der Waals surface area contributed by atoms with Gasteiger partial charge < -0.3 is 31.1 Å². The average molecular weight is 569 g/mol. The van der Waals surface area contributed by atoms with E-state index in [4.69, 9.17) is 4.74 Å². The number of carbonyl (C=O) groups excluding carboxylic acids is 4. The van der Waals surface area contributed by atoms with Gasteiger partial charge in [0.2, 0.25) is 17.7 Å². The van der Waals surface area contributed by atoms with Crippen LogP contribution < -0.4 is 21.3 Å². The number of alkyl carbamates (subject to hydrolysis) is 1. The van der Waals surface area contributed by atoms with Gasteiger partial charge in [-0.3, -0.25) is 14.4 Å². The second-order valence-corrected chi connectivity index (χ2v) is 11.4. The van der Waals surface area contributed by atoms with Crippen molar-refractivity contribution in [1.82, 2.24) is 21.3 Å². The molecule has 0 saturated carbocycles. The maximum absolute atomic E-state index is 13.3. The minimum Gasteiger partial charge on any atom is -0.445 e. The van der Waals surface area contributed by atoms with Gasteiger partial charge in [0, 0.05) is 24.9 Å². The predicted molar refractivity (Wildman–Crippen MR) is 157 cm³/mol. The highest BCUT2D eigenvalue weighted by atomic mass is 16.5. The van der Waals surface area contributed by atoms with Gasteiger partial charge >= 0.3 is 6.09 Å². The largest absolute Gasteiger partial charge is 0.445 e. The molecule has 0 fully saturated rings. The van der Waals surface area contributed by atoms with Crippen molar-refractivity contribution >= 4 is 23.8 Å². The van der Waals surface area contributed by atoms with E-state index in [9.17, 15) is 24.3 Å². The number of aliphatic hydroxyl groups excluding tert-OH is 1. The summed E-state index contributed by atoms with van der Waals surface area (Å²) >= 11 is 0. The molecular weight excluding hydrogens is 524 g/mol. The summed E-state index contributed by atoms with van der Waals surface area (Å²) in [6, 6.07) is 16.8. The Bertz CT molecular complexity index is 1120. The number of hydrogen-bond acceptors (Lipinski definition) is 6. The Balaban J connectivity index is 2.00. The first-order chi connectivity index (χ1) is 19.3. The van der Waals surface area contributed by atoms with Crippen LogP contribution in [0.1, 0.15) is 58.6 Å². The van der Waals surface area contributed by atoms with Crippen molar-refractivity contribution in [3.63, 3.8) is 0 Å². The Morgan fingerprint density at radius 1 is 0.829 bits per heavy atom. The van der Waals surface area contributed by atoms with Gasteiger partial charge in [-0.1, -0.05) is 74.5 Å². The summed E-state index contributed by atoms with van der Waals surface area (Å²) < 4.78 is 5.28. The molecule has 224 valence electrons. The maximum Gasteiger partial charge on any atom is 0.408 e. The van der Waals surface area contributed by atoms with Crippen LogP contribution in [0.5, 0.6) is 0 Å². The predicted octanol–water partition coefficient (Wildman–Crippen LogP) is 2.84. The molecule has 3 atom stereocenters. The molecular formula is C31H44N4O6. The summed E-state index contributed by atoms with van der Waals surface area (Å²) in [7, 11) is 0. The Morgan fingerprint density at radius 2 is 1.39 bits per heavy atom. The highest BCUT2D eigenvalue weighted by Gasteiger charge is 2.30. The molecule has 2 aromatic carbocycles. The van der Waals surface area contributed by atoms with E-state index in [0.29, 0.717) is 6.42 Å². The molecule has 41 heavy (non-hydrogen) atoms. The smallest absolute Gasteiger partial charge is 0.408 e. The van der Waals surface area contributed by atoms with E-state index < -0.39 is 35.7 Å². The van der Waals surface area contributed by atoms with Crippen molar-refractivity contribution in [2.75, 3.05) is 6.54 Å². The lowest BCUT2D eigenvalue weighted by Gasteiger charge is -2.28. The number of carbonyl (C=O) groups is 4. The first-order valence-electron chi connectivity index (χ1n) is 13.9. The fourth-order valence-electron chi connectivity index (χ4n) is 4.01. The zero-order chi connectivity index (χ0) is 30.4. The van der Waals surface area contributed by atoms with Crippen molar-refractivity contribution in [3.05, 3.63) is 71.8 Å². The van der Waals surface area contributed by atoms with Crippen LogP contribution in [0.15, 0.2) is 60.7 Å². The number of ether oxygens (including phenoxy) is 1. The van der Waals surface area contributed by atoms with E-state index in [-0.39, 0.29) is 43.7 Å². The standard InChI is InChI=1S/C31H44N4O6/c1-21(2)28(34-30(40)41-20-23-14-10-7-11-15-23)29(39)33-24(18-22-12-8-6-9-13-22)25(36)19-32-26(37)16-17-27(38)35-31(3,4)5/h6-15,21,24-25,28,36H,16-20H2,1-5H3,(H,32,37)(H,33,39)(H,34,40)(H,35,38)/t24-,25?,28-/m0/s1. The maximum atomic E-state index is 13.3. The molecule has 4 amide bonds. The van der Waals surface area contributed by atoms with Crippen LogP contribution in [0.3, 0.4) is 0 Å². The molecule has 0 saturated heterocycles. The summed E-state index contributed by atoms with van der Waals surface area (Å²) in [5.41, 5.74) is 1.29. The molecule has 0 bridgehead atoms. The highest BCUT2D eigenvalue weighted by molar-refractivity contribution is 5.86.